The number of aliphatic hydroxyl groups is 1. The lowest BCUT2D eigenvalue weighted by atomic mass is 10.2. The Bertz CT molecular complexity index is 295. The summed E-state index contributed by atoms with van der Waals surface area (Å²) in [6.45, 7) is 3.15. The van der Waals surface area contributed by atoms with Gasteiger partial charge >= 0.3 is 0 Å². The van der Waals surface area contributed by atoms with Crippen LogP contribution >= 0.6 is 23.2 Å². The molecule has 0 unspecified atom stereocenters. The molecule has 0 fully saturated rings. The second-order valence-electron chi connectivity index (χ2n) is 3.51. The van der Waals surface area contributed by atoms with E-state index in [1.165, 1.54) is 0 Å². The second kappa shape index (κ2) is 6.33. The zero-order chi connectivity index (χ0) is 11.3. The normalized spacial score (nSPS) is 12.8. The Morgan fingerprint density at radius 2 is 1.93 bits per heavy atom. The lowest BCUT2D eigenvalue weighted by Gasteiger charge is -2.09. The molecule has 0 saturated heterocycles. The van der Waals surface area contributed by atoms with Gasteiger partial charge < -0.3 is 10.4 Å². The van der Waals surface area contributed by atoms with Crippen LogP contribution in [0.25, 0.3) is 0 Å². The summed E-state index contributed by atoms with van der Waals surface area (Å²) in [6.07, 6.45) is 0.446. The molecule has 1 aromatic carbocycles. The minimum Gasteiger partial charge on any atom is -0.393 e. The minimum absolute atomic E-state index is 0.279. The molecule has 0 aliphatic rings. The summed E-state index contributed by atoms with van der Waals surface area (Å²) < 4.78 is 0. The first kappa shape index (κ1) is 12.8. The fourth-order valence-electron chi connectivity index (χ4n) is 1.23. The molecule has 0 bridgehead atoms. The van der Waals surface area contributed by atoms with Crippen molar-refractivity contribution in [1.29, 1.82) is 0 Å². The first-order valence-corrected chi connectivity index (χ1v) is 5.68. The summed E-state index contributed by atoms with van der Waals surface area (Å²) in [7, 11) is 0. The molecule has 0 aromatic heterocycles. The lowest BCUT2D eigenvalue weighted by Crippen LogP contribution is -2.19. The molecule has 4 heteroatoms. The Labute approximate surface area is 100 Å². The molecule has 1 rings (SSSR count). The highest BCUT2D eigenvalue weighted by Gasteiger charge is 2.04. The van der Waals surface area contributed by atoms with Crippen LogP contribution in [-0.4, -0.2) is 17.8 Å². The standard InChI is InChI=1S/C11H15Cl2NO/c1-8(15)5-6-14-7-9-10(12)3-2-4-11(9)13/h2-4,8,14-15H,5-7H2,1H3/t8-/m1/s1. The number of rotatable bonds is 5. The Kier molecular flexibility index (Phi) is 5.40. The second-order valence-corrected chi connectivity index (χ2v) is 4.33. The number of aliphatic hydroxyl groups excluding tert-OH is 1. The highest BCUT2D eigenvalue weighted by molar-refractivity contribution is 6.35. The topological polar surface area (TPSA) is 32.3 Å². The Morgan fingerprint density at radius 1 is 1.33 bits per heavy atom. The Morgan fingerprint density at radius 3 is 2.47 bits per heavy atom. The number of hydrogen-bond donors (Lipinski definition) is 2. The quantitative estimate of drug-likeness (QED) is 0.785. The molecule has 0 heterocycles. The van der Waals surface area contributed by atoms with E-state index in [0.29, 0.717) is 16.6 Å². The van der Waals surface area contributed by atoms with E-state index in [0.717, 1.165) is 18.5 Å². The van der Waals surface area contributed by atoms with Crippen molar-refractivity contribution in [2.45, 2.75) is 26.0 Å². The van der Waals surface area contributed by atoms with Crippen molar-refractivity contribution >= 4 is 23.2 Å². The predicted octanol–water partition coefficient (Wildman–Crippen LogP) is 2.85. The van der Waals surface area contributed by atoms with E-state index in [1.54, 1.807) is 6.92 Å². The highest BCUT2D eigenvalue weighted by atomic mass is 35.5. The molecule has 2 N–H and O–H groups in total. The van der Waals surface area contributed by atoms with Gasteiger partial charge in [-0.15, -0.1) is 0 Å². The molecule has 0 amide bonds. The zero-order valence-corrected chi connectivity index (χ0v) is 10.1. The third-order valence-electron chi connectivity index (χ3n) is 2.10. The molecule has 2 nitrogen and oxygen atoms in total. The molecule has 0 saturated carbocycles. The third kappa shape index (κ3) is 4.39. The monoisotopic (exact) mass is 247 g/mol. The van der Waals surface area contributed by atoms with Gasteiger partial charge in [-0.05, 0) is 32.0 Å². The number of halogens is 2. The molecular weight excluding hydrogens is 233 g/mol. The van der Waals surface area contributed by atoms with E-state index in [-0.39, 0.29) is 6.10 Å². The third-order valence-corrected chi connectivity index (χ3v) is 2.81. The van der Waals surface area contributed by atoms with E-state index in [2.05, 4.69) is 5.32 Å². The van der Waals surface area contributed by atoms with Gasteiger partial charge in [0.1, 0.15) is 0 Å². The van der Waals surface area contributed by atoms with E-state index in [1.807, 2.05) is 18.2 Å². The van der Waals surface area contributed by atoms with Gasteiger partial charge in [0.25, 0.3) is 0 Å². The summed E-state index contributed by atoms with van der Waals surface area (Å²) in [5.74, 6) is 0. The van der Waals surface area contributed by atoms with Crippen molar-refractivity contribution in [2.24, 2.45) is 0 Å². The van der Waals surface area contributed by atoms with Gasteiger partial charge in [-0.2, -0.15) is 0 Å². The molecule has 0 spiro atoms. The minimum atomic E-state index is -0.279. The van der Waals surface area contributed by atoms with Gasteiger partial charge in [-0.3, -0.25) is 0 Å². The van der Waals surface area contributed by atoms with Gasteiger partial charge in [-0.25, -0.2) is 0 Å². The largest absolute Gasteiger partial charge is 0.393 e. The first-order chi connectivity index (χ1) is 7.11. The molecule has 0 radical (unpaired) electrons. The van der Waals surface area contributed by atoms with Crippen LogP contribution in [0, 0.1) is 0 Å². The Balaban J connectivity index is 2.43. The summed E-state index contributed by atoms with van der Waals surface area (Å²) >= 11 is 12.0. The smallest absolute Gasteiger partial charge is 0.0524 e. The highest BCUT2D eigenvalue weighted by Crippen LogP contribution is 2.23. The van der Waals surface area contributed by atoms with Crippen LogP contribution in [0.4, 0.5) is 0 Å². The SMILES string of the molecule is C[C@@H](O)CCNCc1c(Cl)cccc1Cl. The predicted molar refractivity (Wildman–Crippen MR) is 64.5 cm³/mol. The van der Waals surface area contributed by atoms with Gasteiger partial charge in [0.15, 0.2) is 0 Å². The first-order valence-electron chi connectivity index (χ1n) is 4.93. The summed E-state index contributed by atoms with van der Waals surface area (Å²) in [4.78, 5) is 0. The molecule has 1 aromatic rings. The van der Waals surface area contributed by atoms with Crippen LogP contribution in [0.15, 0.2) is 18.2 Å². The fraction of sp³-hybridized carbons (Fsp3) is 0.455. The van der Waals surface area contributed by atoms with E-state index in [4.69, 9.17) is 28.3 Å². The van der Waals surface area contributed by atoms with Crippen molar-refractivity contribution in [2.75, 3.05) is 6.54 Å². The van der Waals surface area contributed by atoms with Gasteiger partial charge in [0.2, 0.25) is 0 Å². The maximum atomic E-state index is 9.07. The van der Waals surface area contributed by atoms with Crippen LogP contribution in [-0.2, 0) is 6.54 Å². The average Bonchev–Trinajstić information content (AvgIpc) is 2.15. The van der Waals surface area contributed by atoms with E-state index >= 15 is 0 Å². The maximum absolute atomic E-state index is 9.07. The van der Waals surface area contributed by atoms with Crippen LogP contribution in [0.3, 0.4) is 0 Å². The summed E-state index contributed by atoms with van der Waals surface area (Å²) in [6, 6.07) is 5.46. The molecule has 0 aliphatic heterocycles. The van der Waals surface area contributed by atoms with Crippen molar-refractivity contribution in [3.05, 3.63) is 33.8 Å². The maximum Gasteiger partial charge on any atom is 0.0524 e. The summed E-state index contributed by atoms with van der Waals surface area (Å²) in [5, 5.41) is 13.6. The fourth-order valence-corrected chi connectivity index (χ4v) is 1.76. The van der Waals surface area contributed by atoms with Gasteiger partial charge in [0, 0.05) is 22.2 Å². The van der Waals surface area contributed by atoms with Gasteiger partial charge in [-0.1, -0.05) is 29.3 Å². The Hall–Kier alpha value is -0.280. The molecule has 1 atom stereocenters. The van der Waals surface area contributed by atoms with E-state index in [9.17, 15) is 0 Å². The number of nitrogens with one attached hydrogen (secondary N) is 1. The van der Waals surface area contributed by atoms with Crippen LogP contribution in [0.5, 0.6) is 0 Å². The van der Waals surface area contributed by atoms with Crippen molar-refractivity contribution in [3.63, 3.8) is 0 Å². The van der Waals surface area contributed by atoms with Crippen LogP contribution in [0.2, 0.25) is 10.0 Å². The zero-order valence-electron chi connectivity index (χ0n) is 8.63. The number of hydrogen-bond acceptors (Lipinski definition) is 2. The molecule has 0 aliphatic carbocycles. The van der Waals surface area contributed by atoms with Crippen molar-refractivity contribution in [3.8, 4) is 0 Å². The summed E-state index contributed by atoms with van der Waals surface area (Å²) in [5.41, 5.74) is 0.909. The molecule has 84 valence electrons. The van der Waals surface area contributed by atoms with Gasteiger partial charge in [0.05, 0.1) is 6.10 Å². The lowest BCUT2D eigenvalue weighted by molar-refractivity contribution is 0.183. The van der Waals surface area contributed by atoms with Crippen molar-refractivity contribution in [1.82, 2.24) is 5.32 Å². The average molecular weight is 248 g/mol. The number of benzene rings is 1. The van der Waals surface area contributed by atoms with E-state index < -0.39 is 0 Å². The molecule has 15 heavy (non-hydrogen) atoms. The molecular formula is C11H15Cl2NO. The van der Waals surface area contributed by atoms with Crippen LogP contribution in [0.1, 0.15) is 18.9 Å². The van der Waals surface area contributed by atoms with Crippen molar-refractivity contribution < 1.29 is 5.11 Å². The van der Waals surface area contributed by atoms with Crippen LogP contribution < -0.4 is 5.32 Å².